The molecule has 3 aromatic rings. The fourth-order valence-corrected chi connectivity index (χ4v) is 2.61. The molecule has 0 atom stereocenters. The molecule has 26 heavy (non-hydrogen) atoms. The Hall–Kier alpha value is -2.80. The van der Waals surface area contributed by atoms with Crippen molar-refractivity contribution in [2.24, 2.45) is 0 Å². The van der Waals surface area contributed by atoms with Crippen molar-refractivity contribution >= 4 is 27.5 Å². The largest absolute Gasteiger partial charge is 0.467 e. The Kier molecular flexibility index (Phi) is 5.58. The molecule has 1 heterocycles. The summed E-state index contributed by atoms with van der Waals surface area (Å²) in [6.45, 7) is 1.60. The minimum absolute atomic E-state index is 0.194. The average Bonchev–Trinajstić information content (AvgIpc) is 2.62. The van der Waals surface area contributed by atoms with E-state index in [0.29, 0.717) is 22.8 Å². The lowest BCUT2D eigenvalue weighted by Crippen LogP contribution is -2.20. The number of aryl methyl sites for hydroxylation is 1. The molecule has 1 aromatic heterocycles. The van der Waals surface area contributed by atoms with Crippen molar-refractivity contribution in [1.82, 2.24) is 9.97 Å². The van der Waals surface area contributed by atoms with Crippen molar-refractivity contribution in [1.29, 1.82) is 0 Å². The van der Waals surface area contributed by atoms with Crippen molar-refractivity contribution in [2.75, 3.05) is 11.9 Å². The highest BCUT2D eigenvalue weighted by Crippen LogP contribution is 2.22. The fourth-order valence-electron chi connectivity index (χ4n) is 2.23. The van der Waals surface area contributed by atoms with E-state index in [9.17, 15) is 9.18 Å². The Bertz CT molecular complexity index is 932. The highest BCUT2D eigenvalue weighted by atomic mass is 79.9. The number of carbonyl (C=O) groups excluding carboxylic acids is 1. The van der Waals surface area contributed by atoms with E-state index in [1.807, 2.05) is 18.2 Å². The van der Waals surface area contributed by atoms with Gasteiger partial charge in [-0.2, -0.15) is 4.98 Å². The van der Waals surface area contributed by atoms with Crippen LogP contribution in [0.4, 0.5) is 10.1 Å². The second-order valence-corrected chi connectivity index (χ2v) is 6.35. The molecular formula is C19H15BrFN3O2. The van der Waals surface area contributed by atoms with E-state index < -0.39 is 0 Å². The van der Waals surface area contributed by atoms with E-state index in [1.165, 1.54) is 12.1 Å². The number of nitrogens with zero attached hydrogens (tertiary/aromatic N) is 2. The van der Waals surface area contributed by atoms with Gasteiger partial charge in [-0.1, -0.05) is 12.1 Å². The minimum Gasteiger partial charge on any atom is -0.467 e. The van der Waals surface area contributed by atoms with Crippen LogP contribution in [0.5, 0.6) is 5.88 Å². The molecule has 1 N–H and O–H groups in total. The van der Waals surface area contributed by atoms with Gasteiger partial charge in [0.1, 0.15) is 5.82 Å². The van der Waals surface area contributed by atoms with E-state index in [-0.39, 0.29) is 24.2 Å². The minimum atomic E-state index is -0.332. The zero-order valence-corrected chi connectivity index (χ0v) is 15.5. The third kappa shape index (κ3) is 4.64. The monoisotopic (exact) mass is 415 g/mol. The molecule has 5 nitrogen and oxygen atoms in total. The van der Waals surface area contributed by atoms with Crippen molar-refractivity contribution in [3.05, 3.63) is 70.6 Å². The van der Waals surface area contributed by atoms with Gasteiger partial charge in [0.15, 0.2) is 12.4 Å². The van der Waals surface area contributed by atoms with Gasteiger partial charge in [-0.05, 0) is 59.3 Å². The Morgan fingerprint density at radius 2 is 1.88 bits per heavy atom. The summed E-state index contributed by atoms with van der Waals surface area (Å²) in [6.07, 6.45) is 0. The zero-order valence-electron chi connectivity index (χ0n) is 13.9. The number of aromatic nitrogens is 2. The van der Waals surface area contributed by atoms with E-state index in [1.54, 1.807) is 31.2 Å². The van der Waals surface area contributed by atoms with Crippen LogP contribution in [0, 0.1) is 12.7 Å². The first-order valence-electron chi connectivity index (χ1n) is 7.80. The highest BCUT2D eigenvalue weighted by molar-refractivity contribution is 9.10. The topological polar surface area (TPSA) is 64.1 Å². The summed E-state index contributed by atoms with van der Waals surface area (Å²) in [5, 5.41) is 2.75. The van der Waals surface area contributed by atoms with Gasteiger partial charge >= 0.3 is 0 Å². The first-order chi connectivity index (χ1) is 12.5. The molecule has 0 saturated heterocycles. The summed E-state index contributed by atoms with van der Waals surface area (Å²) in [5.74, 6) is 0.0448. The molecule has 0 radical (unpaired) electrons. The van der Waals surface area contributed by atoms with Gasteiger partial charge < -0.3 is 10.1 Å². The lowest BCUT2D eigenvalue weighted by molar-refractivity contribution is -0.118. The summed E-state index contributed by atoms with van der Waals surface area (Å²) < 4.78 is 19.3. The summed E-state index contributed by atoms with van der Waals surface area (Å²) >= 11 is 3.37. The van der Waals surface area contributed by atoms with Crippen molar-refractivity contribution < 1.29 is 13.9 Å². The molecule has 0 aliphatic carbocycles. The molecule has 0 aliphatic rings. The molecular weight excluding hydrogens is 401 g/mol. The van der Waals surface area contributed by atoms with Crippen LogP contribution in [0.25, 0.3) is 11.4 Å². The van der Waals surface area contributed by atoms with Crippen molar-refractivity contribution in [3.8, 4) is 17.3 Å². The number of halogens is 2. The molecule has 0 unspecified atom stereocenters. The van der Waals surface area contributed by atoms with Crippen LogP contribution in [0.15, 0.2) is 59.1 Å². The van der Waals surface area contributed by atoms with E-state index >= 15 is 0 Å². The molecule has 0 fully saturated rings. The van der Waals surface area contributed by atoms with Crippen molar-refractivity contribution in [2.45, 2.75) is 6.92 Å². The summed E-state index contributed by atoms with van der Waals surface area (Å²) in [4.78, 5) is 20.7. The number of ether oxygens (including phenoxy) is 1. The van der Waals surface area contributed by atoms with Gasteiger partial charge in [0.2, 0.25) is 5.88 Å². The number of benzene rings is 2. The molecule has 2 aromatic carbocycles. The third-order valence-corrected chi connectivity index (χ3v) is 4.12. The molecule has 3 rings (SSSR count). The highest BCUT2D eigenvalue weighted by Gasteiger charge is 2.10. The molecule has 1 amide bonds. The predicted octanol–water partition coefficient (Wildman–Crippen LogP) is 4.37. The standard InChI is InChI=1S/C19H15BrFN3O2/c1-12-10-18(24-19(22-12)13-6-8-14(21)9-7-13)26-11-17(25)23-16-5-3-2-4-15(16)20/h2-10H,11H2,1H3,(H,23,25). The van der Waals surface area contributed by atoms with E-state index in [0.717, 1.165) is 4.47 Å². The number of hydrogen-bond donors (Lipinski definition) is 1. The normalized spacial score (nSPS) is 10.4. The Balaban J connectivity index is 1.69. The summed E-state index contributed by atoms with van der Waals surface area (Å²) in [7, 11) is 0. The number of rotatable bonds is 5. The lowest BCUT2D eigenvalue weighted by Gasteiger charge is -2.10. The average molecular weight is 416 g/mol. The smallest absolute Gasteiger partial charge is 0.262 e. The number of amides is 1. The number of hydrogen-bond acceptors (Lipinski definition) is 4. The lowest BCUT2D eigenvalue weighted by atomic mass is 10.2. The Labute approximate surface area is 158 Å². The predicted molar refractivity (Wildman–Crippen MR) is 100 cm³/mol. The Morgan fingerprint density at radius 3 is 2.62 bits per heavy atom. The van der Waals surface area contributed by atoms with Gasteiger partial charge in [0.25, 0.3) is 5.91 Å². The number of para-hydroxylation sites is 1. The first-order valence-corrected chi connectivity index (χ1v) is 8.59. The number of nitrogens with one attached hydrogen (secondary N) is 1. The quantitative estimate of drug-likeness (QED) is 0.671. The van der Waals surface area contributed by atoms with Crippen LogP contribution in [-0.4, -0.2) is 22.5 Å². The number of anilines is 1. The van der Waals surface area contributed by atoms with Crippen LogP contribution in [-0.2, 0) is 4.79 Å². The number of carbonyl (C=O) groups is 1. The molecule has 0 spiro atoms. The van der Waals surface area contributed by atoms with Gasteiger partial charge in [0, 0.05) is 21.8 Å². The van der Waals surface area contributed by atoms with E-state index in [2.05, 4.69) is 31.2 Å². The second kappa shape index (κ2) is 8.05. The van der Waals surface area contributed by atoms with Crippen LogP contribution in [0.3, 0.4) is 0 Å². The maximum absolute atomic E-state index is 13.1. The van der Waals surface area contributed by atoms with E-state index in [4.69, 9.17) is 4.74 Å². The summed E-state index contributed by atoms with van der Waals surface area (Å²) in [5.41, 5.74) is 2.00. The summed E-state index contributed by atoms with van der Waals surface area (Å²) in [6, 6.07) is 14.8. The van der Waals surface area contributed by atoms with Crippen LogP contribution in [0.2, 0.25) is 0 Å². The third-order valence-electron chi connectivity index (χ3n) is 3.43. The maximum Gasteiger partial charge on any atom is 0.262 e. The fraction of sp³-hybridized carbons (Fsp3) is 0.105. The SMILES string of the molecule is Cc1cc(OCC(=O)Nc2ccccc2Br)nc(-c2ccc(F)cc2)n1. The van der Waals surface area contributed by atoms with Crippen LogP contribution in [0.1, 0.15) is 5.69 Å². The molecule has 7 heteroatoms. The van der Waals surface area contributed by atoms with Crippen LogP contribution < -0.4 is 10.1 Å². The zero-order chi connectivity index (χ0) is 18.5. The molecule has 132 valence electrons. The van der Waals surface area contributed by atoms with Crippen LogP contribution >= 0.6 is 15.9 Å². The second-order valence-electron chi connectivity index (χ2n) is 5.49. The van der Waals surface area contributed by atoms with Crippen molar-refractivity contribution in [3.63, 3.8) is 0 Å². The van der Waals surface area contributed by atoms with Gasteiger partial charge in [-0.25, -0.2) is 9.37 Å². The maximum atomic E-state index is 13.1. The molecule has 0 aliphatic heterocycles. The molecule has 0 bridgehead atoms. The van der Waals surface area contributed by atoms with Gasteiger partial charge in [-0.15, -0.1) is 0 Å². The van der Waals surface area contributed by atoms with Gasteiger partial charge in [0.05, 0.1) is 5.69 Å². The van der Waals surface area contributed by atoms with Gasteiger partial charge in [-0.3, -0.25) is 4.79 Å². The molecule has 0 saturated carbocycles. The Morgan fingerprint density at radius 1 is 1.15 bits per heavy atom. The first kappa shape index (κ1) is 18.0.